The Morgan fingerprint density at radius 2 is 1.92 bits per heavy atom. The lowest BCUT2D eigenvalue weighted by Gasteiger charge is -2.17. The molecule has 0 saturated heterocycles. The normalized spacial score (nSPS) is 14.0. The maximum atomic E-state index is 13.3. The van der Waals surface area contributed by atoms with Crippen LogP contribution in [0.1, 0.15) is 12.0 Å². The van der Waals surface area contributed by atoms with Gasteiger partial charge in [-0.15, -0.1) is 0 Å². The van der Waals surface area contributed by atoms with Crippen molar-refractivity contribution in [3.63, 3.8) is 0 Å². The van der Waals surface area contributed by atoms with E-state index in [1.807, 2.05) is 53.1 Å². The van der Waals surface area contributed by atoms with Crippen molar-refractivity contribution in [1.29, 1.82) is 0 Å². The average Bonchev–Trinajstić information content (AvgIpc) is 2.98. The van der Waals surface area contributed by atoms with Gasteiger partial charge in [-0.25, -0.2) is 4.98 Å². The van der Waals surface area contributed by atoms with E-state index < -0.39 is 0 Å². The first kappa shape index (κ1) is 16.0. The summed E-state index contributed by atoms with van der Waals surface area (Å²) >= 11 is 8.05. The molecule has 0 N–H and O–H groups in total. The summed E-state index contributed by atoms with van der Waals surface area (Å²) in [6.07, 6.45) is 0.996. The number of fused-ring (bicyclic) bond motifs is 4. The Kier molecular flexibility index (Phi) is 3.80. The summed E-state index contributed by atoms with van der Waals surface area (Å²) in [4.78, 5) is 18.2. The first-order valence-corrected chi connectivity index (χ1v) is 9.98. The predicted molar refractivity (Wildman–Crippen MR) is 107 cm³/mol. The van der Waals surface area contributed by atoms with Gasteiger partial charge in [-0.3, -0.25) is 9.36 Å². The molecule has 2 aromatic heterocycles. The smallest absolute Gasteiger partial charge is 0.278 e. The van der Waals surface area contributed by atoms with Gasteiger partial charge < -0.3 is 4.57 Å². The Bertz CT molecular complexity index is 1210. The number of benzene rings is 2. The van der Waals surface area contributed by atoms with Crippen molar-refractivity contribution in [2.75, 3.05) is 5.75 Å². The molecule has 3 heterocycles. The van der Waals surface area contributed by atoms with Crippen molar-refractivity contribution in [3.05, 3.63) is 69.5 Å². The Labute approximate surface area is 159 Å². The summed E-state index contributed by atoms with van der Waals surface area (Å²) in [7, 11) is 0. The van der Waals surface area contributed by atoms with Gasteiger partial charge in [0.1, 0.15) is 11.0 Å². The number of aromatic nitrogens is 3. The summed E-state index contributed by atoms with van der Waals surface area (Å²) in [5, 5.41) is 2.55. The Morgan fingerprint density at radius 3 is 2.81 bits per heavy atom. The molecule has 0 fully saturated rings. The molecule has 26 heavy (non-hydrogen) atoms. The highest BCUT2D eigenvalue weighted by Gasteiger charge is 2.21. The van der Waals surface area contributed by atoms with Gasteiger partial charge >= 0.3 is 0 Å². The van der Waals surface area contributed by atoms with Crippen molar-refractivity contribution in [2.24, 2.45) is 0 Å². The quantitative estimate of drug-likeness (QED) is 0.478. The van der Waals surface area contributed by atoms with E-state index in [-0.39, 0.29) is 5.56 Å². The van der Waals surface area contributed by atoms with Crippen molar-refractivity contribution in [3.8, 4) is 0 Å². The second-order valence-electron chi connectivity index (χ2n) is 6.45. The maximum absolute atomic E-state index is 13.3. The Balaban J connectivity index is 1.86. The molecule has 4 nitrogen and oxygen atoms in total. The molecule has 2 aromatic carbocycles. The number of rotatable bonds is 2. The molecular formula is C20H16ClN3OS. The first-order valence-electron chi connectivity index (χ1n) is 8.62. The molecule has 0 radical (unpaired) electrons. The molecule has 5 rings (SSSR count). The average molecular weight is 382 g/mol. The van der Waals surface area contributed by atoms with Crippen LogP contribution in [0.15, 0.2) is 58.5 Å². The molecule has 1 aliphatic heterocycles. The van der Waals surface area contributed by atoms with Crippen LogP contribution in [-0.4, -0.2) is 19.9 Å². The molecule has 0 spiro atoms. The Morgan fingerprint density at radius 1 is 1.12 bits per heavy atom. The molecular weight excluding hydrogens is 366 g/mol. The summed E-state index contributed by atoms with van der Waals surface area (Å²) in [5.74, 6) is 1.01. The standard InChI is InChI=1S/C20H16ClN3OS/c21-15-8-3-1-6-13(15)12-24-16-9-4-2-7-14(16)17-18(24)19(25)23-10-5-11-26-20(23)22-17/h1-4,6-9H,5,10-12H2. The van der Waals surface area contributed by atoms with Gasteiger partial charge in [-0.2, -0.15) is 0 Å². The fourth-order valence-electron chi connectivity index (χ4n) is 3.64. The molecule has 0 atom stereocenters. The minimum Gasteiger partial charge on any atom is -0.330 e. The van der Waals surface area contributed by atoms with Crippen LogP contribution in [0.25, 0.3) is 21.9 Å². The number of nitrogens with zero attached hydrogens (tertiary/aromatic N) is 3. The molecule has 6 heteroatoms. The summed E-state index contributed by atoms with van der Waals surface area (Å²) in [6.45, 7) is 1.28. The third-order valence-corrected chi connectivity index (χ3v) is 6.31. The first-order chi connectivity index (χ1) is 12.7. The topological polar surface area (TPSA) is 39.8 Å². The van der Waals surface area contributed by atoms with Gasteiger partial charge in [0.15, 0.2) is 5.16 Å². The van der Waals surface area contributed by atoms with Gasteiger partial charge in [0.05, 0.1) is 5.52 Å². The number of halogens is 1. The van der Waals surface area contributed by atoms with Gasteiger partial charge in [0.25, 0.3) is 5.56 Å². The van der Waals surface area contributed by atoms with E-state index in [9.17, 15) is 4.79 Å². The molecule has 0 amide bonds. The SMILES string of the molecule is O=c1c2c(nc3n1CCCS3)c1ccccc1n2Cc1ccccc1Cl. The van der Waals surface area contributed by atoms with Crippen LogP contribution in [0.3, 0.4) is 0 Å². The van der Waals surface area contributed by atoms with Gasteiger partial charge in [-0.1, -0.05) is 59.8 Å². The minimum atomic E-state index is 0.0421. The Hall–Kier alpha value is -2.24. The van der Waals surface area contributed by atoms with Crippen molar-refractivity contribution < 1.29 is 0 Å². The minimum absolute atomic E-state index is 0.0421. The van der Waals surface area contributed by atoms with Crippen molar-refractivity contribution in [1.82, 2.24) is 14.1 Å². The molecule has 130 valence electrons. The monoisotopic (exact) mass is 381 g/mol. The molecule has 0 aliphatic carbocycles. The summed E-state index contributed by atoms with van der Waals surface area (Å²) in [6, 6.07) is 15.9. The van der Waals surface area contributed by atoms with Gasteiger partial charge in [0, 0.05) is 29.3 Å². The lowest BCUT2D eigenvalue weighted by molar-refractivity contribution is 0.569. The van der Waals surface area contributed by atoms with E-state index in [1.54, 1.807) is 11.8 Å². The van der Waals surface area contributed by atoms with Crippen LogP contribution < -0.4 is 5.56 Å². The highest BCUT2D eigenvalue weighted by Crippen LogP contribution is 2.30. The van der Waals surface area contributed by atoms with Crippen LogP contribution in [-0.2, 0) is 13.1 Å². The summed E-state index contributed by atoms with van der Waals surface area (Å²) in [5.41, 5.74) is 3.50. The van der Waals surface area contributed by atoms with Gasteiger partial charge in [0.2, 0.25) is 0 Å². The zero-order chi connectivity index (χ0) is 17.7. The fraction of sp³-hybridized carbons (Fsp3) is 0.200. The lowest BCUT2D eigenvalue weighted by Crippen LogP contribution is -2.27. The van der Waals surface area contributed by atoms with E-state index in [0.29, 0.717) is 17.1 Å². The van der Waals surface area contributed by atoms with E-state index in [2.05, 4.69) is 4.57 Å². The second kappa shape index (κ2) is 6.18. The largest absolute Gasteiger partial charge is 0.330 e. The van der Waals surface area contributed by atoms with Crippen LogP contribution >= 0.6 is 23.4 Å². The van der Waals surface area contributed by atoms with Crippen molar-refractivity contribution in [2.45, 2.75) is 24.7 Å². The highest BCUT2D eigenvalue weighted by atomic mass is 35.5. The van der Waals surface area contributed by atoms with Crippen LogP contribution in [0.4, 0.5) is 0 Å². The molecule has 0 saturated carbocycles. The predicted octanol–water partition coefficient (Wildman–Crippen LogP) is 4.55. The zero-order valence-electron chi connectivity index (χ0n) is 14.0. The number of thioether (sulfide) groups is 1. The van der Waals surface area contributed by atoms with E-state index in [1.165, 1.54) is 0 Å². The van der Waals surface area contributed by atoms with E-state index in [4.69, 9.17) is 16.6 Å². The van der Waals surface area contributed by atoms with Crippen LogP contribution in [0.5, 0.6) is 0 Å². The number of hydrogen-bond donors (Lipinski definition) is 0. The molecule has 0 bridgehead atoms. The molecule has 1 aliphatic rings. The number of hydrogen-bond acceptors (Lipinski definition) is 3. The third-order valence-electron chi connectivity index (χ3n) is 4.87. The van der Waals surface area contributed by atoms with E-state index in [0.717, 1.165) is 45.9 Å². The molecule has 0 unspecified atom stereocenters. The fourth-order valence-corrected chi connectivity index (χ4v) is 4.78. The summed E-state index contributed by atoms with van der Waals surface area (Å²) < 4.78 is 3.88. The lowest BCUT2D eigenvalue weighted by atomic mass is 10.2. The van der Waals surface area contributed by atoms with Crippen LogP contribution in [0, 0.1) is 0 Å². The highest BCUT2D eigenvalue weighted by molar-refractivity contribution is 7.99. The number of para-hydroxylation sites is 1. The van der Waals surface area contributed by atoms with Crippen LogP contribution in [0.2, 0.25) is 5.02 Å². The zero-order valence-corrected chi connectivity index (χ0v) is 15.6. The van der Waals surface area contributed by atoms with E-state index >= 15 is 0 Å². The van der Waals surface area contributed by atoms with Gasteiger partial charge in [-0.05, 0) is 24.1 Å². The molecule has 4 aromatic rings. The third kappa shape index (κ3) is 2.38. The second-order valence-corrected chi connectivity index (χ2v) is 7.91. The van der Waals surface area contributed by atoms with Crippen molar-refractivity contribution >= 4 is 45.3 Å². The maximum Gasteiger partial charge on any atom is 0.278 e.